The van der Waals surface area contributed by atoms with Crippen LogP contribution in [-0.4, -0.2) is 24.9 Å². The minimum Gasteiger partial charge on any atom is -0.304 e. The van der Waals surface area contributed by atoms with Crippen molar-refractivity contribution < 1.29 is 9.59 Å². The lowest BCUT2D eigenvalue weighted by atomic mass is 10.2. The highest BCUT2D eigenvalue weighted by Gasteiger charge is 2.32. The van der Waals surface area contributed by atoms with Gasteiger partial charge in [0.15, 0.2) is 6.29 Å². The van der Waals surface area contributed by atoms with Gasteiger partial charge in [0.2, 0.25) is 0 Å². The minimum atomic E-state index is -0.511. The summed E-state index contributed by atoms with van der Waals surface area (Å²) >= 11 is 1.34. The van der Waals surface area contributed by atoms with E-state index < -0.39 is 18.4 Å². The molecule has 6 nitrogen and oxygen atoms in total. The summed E-state index contributed by atoms with van der Waals surface area (Å²) in [7, 11) is 0. The third-order valence-electron chi connectivity index (χ3n) is 2.40. The SMILES string of the molecule is CC(C)CNC1NC(=O)N(c2cccs2)C(=O)N1. The second kappa shape index (κ2) is 5.36. The van der Waals surface area contributed by atoms with Crippen molar-refractivity contribution in [3.8, 4) is 0 Å². The molecule has 1 aliphatic heterocycles. The maximum absolute atomic E-state index is 11.9. The van der Waals surface area contributed by atoms with Crippen molar-refractivity contribution in [3.63, 3.8) is 0 Å². The maximum atomic E-state index is 11.9. The summed E-state index contributed by atoms with van der Waals surface area (Å²) in [6, 6.07) is 2.69. The summed E-state index contributed by atoms with van der Waals surface area (Å²) in [4.78, 5) is 24.9. The van der Waals surface area contributed by atoms with Crippen molar-refractivity contribution in [1.82, 2.24) is 16.0 Å². The number of carbonyl (C=O) groups is 2. The summed E-state index contributed by atoms with van der Waals surface area (Å²) in [6.07, 6.45) is -0.511. The number of nitrogens with zero attached hydrogens (tertiary/aromatic N) is 1. The molecule has 4 amide bonds. The Balaban J connectivity index is 2.00. The fourth-order valence-electron chi connectivity index (χ4n) is 1.56. The molecule has 0 aromatic carbocycles. The van der Waals surface area contributed by atoms with Gasteiger partial charge in [-0.15, -0.1) is 11.3 Å². The summed E-state index contributed by atoms with van der Waals surface area (Å²) in [5.74, 6) is 0.439. The first kappa shape index (κ1) is 12.8. The maximum Gasteiger partial charge on any atom is 0.333 e. The highest BCUT2D eigenvalue weighted by atomic mass is 32.1. The predicted octanol–water partition coefficient (Wildman–Crippen LogP) is 1.52. The Morgan fingerprint density at radius 3 is 2.56 bits per heavy atom. The molecule has 0 unspecified atom stereocenters. The third-order valence-corrected chi connectivity index (χ3v) is 3.25. The first-order valence-electron chi connectivity index (χ1n) is 5.76. The van der Waals surface area contributed by atoms with Gasteiger partial charge in [0.25, 0.3) is 0 Å². The van der Waals surface area contributed by atoms with Crippen LogP contribution >= 0.6 is 11.3 Å². The minimum absolute atomic E-state index is 0.414. The van der Waals surface area contributed by atoms with Crippen molar-refractivity contribution in [3.05, 3.63) is 17.5 Å². The lowest BCUT2D eigenvalue weighted by Gasteiger charge is -2.32. The number of hydrogen-bond acceptors (Lipinski definition) is 4. The van der Waals surface area contributed by atoms with Crippen LogP contribution in [0.15, 0.2) is 17.5 Å². The molecule has 1 fully saturated rings. The zero-order chi connectivity index (χ0) is 13.1. The van der Waals surface area contributed by atoms with Gasteiger partial charge >= 0.3 is 12.1 Å². The molecule has 0 radical (unpaired) electrons. The number of thiophene rings is 1. The Kier molecular flexibility index (Phi) is 3.83. The smallest absolute Gasteiger partial charge is 0.304 e. The monoisotopic (exact) mass is 268 g/mol. The molecule has 1 aromatic rings. The first-order valence-corrected chi connectivity index (χ1v) is 6.64. The molecule has 0 saturated carbocycles. The number of anilines is 1. The molecule has 18 heavy (non-hydrogen) atoms. The number of rotatable bonds is 4. The Hall–Kier alpha value is -1.60. The van der Waals surface area contributed by atoms with Gasteiger partial charge < -0.3 is 10.6 Å². The van der Waals surface area contributed by atoms with Crippen LogP contribution < -0.4 is 20.9 Å². The van der Waals surface area contributed by atoms with E-state index >= 15 is 0 Å². The van der Waals surface area contributed by atoms with Gasteiger partial charge in [0, 0.05) is 6.54 Å². The van der Waals surface area contributed by atoms with Crippen LogP contribution in [0.1, 0.15) is 13.8 Å². The Labute approximate surface area is 109 Å². The molecule has 98 valence electrons. The standard InChI is InChI=1S/C11H16N4O2S/c1-7(2)6-12-9-13-10(16)15(11(17)14-9)8-4-3-5-18-8/h3-5,7,9,12H,6H2,1-2H3,(H,13,16)(H,14,17). The number of amides is 4. The van der Waals surface area contributed by atoms with Gasteiger partial charge in [0.1, 0.15) is 5.00 Å². The van der Waals surface area contributed by atoms with E-state index in [4.69, 9.17) is 0 Å². The number of carbonyl (C=O) groups excluding carboxylic acids is 2. The fraction of sp³-hybridized carbons (Fsp3) is 0.455. The molecule has 0 atom stereocenters. The molecule has 1 aromatic heterocycles. The first-order chi connectivity index (χ1) is 8.58. The molecule has 2 rings (SSSR count). The van der Waals surface area contributed by atoms with Crippen molar-refractivity contribution >= 4 is 28.4 Å². The lowest BCUT2D eigenvalue weighted by Crippen LogP contribution is -2.68. The second-order valence-corrected chi connectivity index (χ2v) is 5.35. The van der Waals surface area contributed by atoms with Gasteiger partial charge in [-0.2, -0.15) is 0 Å². The van der Waals surface area contributed by atoms with Gasteiger partial charge in [0.05, 0.1) is 0 Å². The molecular formula is C11H16N4O2S. The number of urea groups is 2. The predicted molar refractivity (Wildman–Crippen MR) is 70.5 cm³/mol. The van der Waals surface area contributed by atoms with Crippen molar-refractivity contribution in [2.24, 2.45) is 5.92 Å². The van der Waals surface area contributed by atoms with E-state index in [0.717, 1.165) is 4.90 Å². The van der Waals surface area contributed by atoms with E-state index in [1.165, 1.54) is 11.3 Å². The lowest BCUT2D eigenvalue weighted by molar-refractivity contribution is 0.210. The molecule has 1 saturated heterocycles. The fourth-order valence-corrected chi connectivity index (χ4v) is 2.28. The molecule has 0 aliphatic carbocycles. The van der Waals surface area contributed by atoms with E-state index in [1.807, 2.05) is 5.38 Å². The Morgan fingerprint density at radius 2 is 2.06 bits per heavy atom. The van der Waals surface area contributed by atoms with Crippen LogP contribution in [0, 0.1) is 5.92 Å². The van der Waals surface area contributed by atoms with Crippen molar-refractivity contribution in [2.75, 3.05) is 11.4 Å². The number of nitrogens with one attached hydrogen (secondary N) is 3. The summed E-state index contributed by atoms with van der Waals surface area (Å²) < 4.78 is 0. The van der Waals surface area contributed by atoms with Crippen LogP contribution in [0.5, 0.6) is 0 Å². The van der Waals surface area contributed by atoms with Crippen LogP contribution in [0.3, 0.4) is 0 Å². The van der Waals surface area contributed by atoms with E-state index in [2.05, 4.69) is 29.8 Å². The second-order valence-electron chi connectivity index (χ2n) is 4.42. The summed E-state index contributed by atoms with van der Waals surface area (Å²) in [5, 5.41) is 10.9. The van der Waals surface area contributed by atoms with Gasteiger partial charge in [-0.3, -0.25) is 5.32 Å². The van der Waals surface area contributed by atoms with E-state index in [0.29, 0.717) is 17.5 Å². The zero-order valence-electron chi connectivity index (χ0n) is 10.3. The third kappa shape index (κ3) is 2.80. The quantitative estimate of drug-likeness (QED) is 0.775. The Morgan fingerprint density at radius 1 is 1.39 bits per heavy atom. The van der Waals surface area contributed by atoms with Crippen molar-refractivity contribution in [1.29, 1.82) is 0 Å². The highest BCUT2D eigenvalue weighted by Crippen LogP contribution is 2.22. The topological polar surface area (TPSA) is 73.5 Å². The van der Waals surface area contributed by atoms with E-state index in [9.17, 15) is 9.59 Å². The van der Waals surface area contributed by atoms with Crippen LogP contribution in [0.25, 0.3) is 0 Å². The van der Waals surface area contributed by atoms with Crippen LogP contribution in [0.4, 0.5) is 14.6 Å². The normalized spacial score (nSPS) is 16.9. The van der Waals surface area contributed by atoms with E-state index in [1.54, 1.807) is 12.1 Å². The van der Waals surface area contributed by atoms with E-state index in [-0.39, 0.29) is 0 Å². The molecule has 2 heterocycles. The largest absolute Gasteiger partial charge is 0.333 e. The highest BCUT2D eigenvalue weighted by molar-refractivity contribution is 7.14. The van der Waals surface area contributed by atoms with Gasteiger partial charge in [-0.25, -0.2) is 14.5 Å². The molecular weight excluding hydrogens is 252 g/mol. The average Bonchev–Trinajstić information content (AvgIpc) is 2.79. The summed E-state index contributed by atoms with van der Waals surface area (Å²) in [5.41, 5.74) is 0. The van der Waals surface area contributed by atoms with Crippen molar-refractivity contribution in [2.45, 2.75) is 20.1 Å². The van der Waals surface area contributed by atoms with Gasteiger partial charge in [-0.1, -0.05) is 13.8 Å². The average molecular weight is 268 g/mol. The number of imide groups is 1. The van der Waals surface area contributed by atoms with Crippen LogP contribution in [0.2, 0.25) is 0 Å². The molecule has 0 spiro atoms. The summed E-state index contributed by atoms with van der Waals surface area (Å²) in [6.45, 7) is 4.82. The van der Waals surface area contributed by atoms with Gasteiger partial charge in [-0.05, 0) is 23.4 Å². The Bertz CT molecular complexity index is 414. The zero-order valence-corrected chi connectivity index (χ0v) is 11.1. The molecule has 0 bridgehead atoms. The molecule has 3 N–H and O–H groups in total. The van der Waals surface area contributed by atoms with Crippen LogP contribution in [-0.2, 0) is 0 Å². The number of hydrogen-bond donors (Lipinski definition) is 3. The molecule has 7 heteroatoms. The molecule has 1 aliphatic rings.